The van der Waals surface area contributed by atoms with E-state index in [1.165, 1.54) is 12.1 Å². The number of carboxylic acid groups (broad SMARTS) is 1. The van der Waals surface area contributed by atoms with Crippen molar-refractivity contribution < 1.29 is 19.5 Å². The third-order valence-corrected chi connectivity index (χ3v) is 8.77. The number of carbonyl (C=O) groups excluding carboxylic acids is 2. The van der Waals surface area contributed by atoms with Crippen LogP contribution in [0.1, 0.15) is 66.1 Å². The Kier molecular flexibility index (Phi) is 7.10. The Morgan fingerprint density at radius 3 is 2.24 bits per heavy atom. The summed E-state index contributed by atoms with van der Waals surface area (Å²) < 4.78 is 0. The summed E-state index contributed by atoms with van der Waals surface area (Å²) in [6, 6.07) is 13.1. The van der Waals surface area contributed by atoms with Crippen LogP contribution in [-0.2, 0) is 16.0 Å². The average molecular weight is 518 g/mol. The Labute approximate surface area is 222 Å². The van der Waals surface area contributed by atoms with Crippen LogP contribution in [0.15, 0.2) is 48.5 Å². The number of guanidine groups is 1. The average Bonchev–Trinajstić information content (AvgIpc) is 2.93. The maximum absolute atomic E-state index is 13.9. The van der Waals surface area contributed by atoms with Gasteiger partial charge in [-0.05, 0) is 85.8 Å². The number of carbonyl (C=O) groups is 3. The Balaban J connectivity index is 1.30. The molecular weight excluding hydrogens is 482 g/mol. The molecule has 0 radical (unpaired) electrons. The molecule has 0 bridgehead atoms. The second-order valence-electron chi connectivity index (χ2n) is 10.9. The Morgan fingerprint density at radius 1 is 0.947 bits per heavy atom. The van der Waals surface area contributed by atoms with Crippen LogP contribution < -0.4 is 11.1 Å². The van der Waals surface area contributed by atoms with Gasteiger partial charge in [0, 0.05) is 31.2 Å². The first-order valence-electron chi connectivity index (χ1n) is 13.4. The van der Waals surface area contributed by atoms with Crippen LogP contribution >= 0.6 is 0 Å². The van der Waals surface area contributed by atoms with Crippen LogP contribution in [0, 0.1) is 16.7 Å². The van der Waals surface area contributed by atoms with Crippen molar-refractivity contribution in [2.45, 2.75) is 51.0 Å². The van der Waals surface area contributed by atoms with E-state index in [2.05, 4.69) is 5.32 Å². The van der Waals surface area contributed by atoms with Crippen molar-refractivity contribution >= 4 is 29.4 Å². The highest BCUT2D eigenvalue weighted by molar-refractivity contribution is 5.99. The van der Waals surface area contributed by atoms with Gasteiger partial charge in [-0.2, -0.15) is 0 Å². The number of fused-ring (bicyclic) bond motifs is 1. The third-order valence-electron chi connectivity index (χ3n) is 8.77. The minimum absolute atomic E-state index is 0.0388. The van der Waals surface area contributed by atoms with Gasteiger partial charge in [-0.25, -0.2) is 4.79 Å². The van der Waals surface area contributed by atoms with Crippen LogP contribution in [0.3, 0.4) is 0 Å². The number of nitrogens with two attached hydrogens (primary N) is 1. The molecule has 0 aromatic heterocycles. The first kappa shape index (κ1) is 25.8. The standard InChI is InChI=1S/C29H35N5O4/c30-28(31)33-17-14-29(15-18-33)12-9-20(10-13-29)26(36)34-16-11-19-3-1-2-4-23(19)24(34)25(35)32-22-7-5-21(6-8-22)27(37)38/h1-8,20,24H,9-18H2,(H3,30,31)(H,32,35)(H,37,38). The highest BCUT2D eigenvalue weighted by Crippen LogP contribution is 2.47. The SMILES string of the molecule is N=C(N)N1CCC2(CCC(C(=O)N3CCc4ccccc4C3C(=O)Nc3ccc(C(=O)O)cc3)CC2)CC1. The number of piperidine rings is 1. The molecule has 2 fully saturated rings. The van der Waals surface area contributed by atoms with E-state index in [0.29, 0.717) is 18.7 Å². The predicted molar refractivity (Wildman–Crippen MR) is 144 cm³/mol. The summed E-state index contributed by atoms with van der Waals surface area (Å²) in [6.07, 6.45) is 6.27. The first-order valence-corrected chi connectivity index (χ1v) is 13.4. The fourth-order valence-electron chi connectivity index (χ4n) is 6.43. The van der Waals surface area contributed by atoms with Gasteiger partial charge < -0.3 is 26.0 Å². The quantitative estimate of drug-likeness (QED) is 0.361. The van der Waals surface area contributed by atoms with E-state index in [1.807, 2.05) is 29.2 Å². The number of nitrogens with one attached hydrogen (secondary N) is 2. The molecule has 2 aromatic rings. The molecule has 2 amide bonds. The van der Waals surface area contributed by atoms with Crippen molar-refractivity contribution in [1.29, 1.82) is 5.41 Å². The molecule has 5 N–H and O–H groups in total. The number of amides is 2. The van der Waals surface area contributed by atoms with E-state index >= 15 is 0 Å². The number of rotatable bonds is 4. The van der Waals surface area contributed by atoms with Crippen molar-refractivity contribution in [1.82, 2.24) is 9.80 Å². The predicted octanol–water partition coefficient (Wildman–Crippen LogP) is 3.62. The number of nitrogens with zero attached hydrogens (tertiary/aromatic N) is 2. The third kappa shape index (κ3) is 5.10. The Bertz CT molecular complexity index is 1230. The molecule has 2 aromatic carbocycles. The fraction of sp³-hybridized carbons (Fsp3) is 0.448. The van der Waals surface area contributed by atoms with E-state index in [1.54, 1.807) is 17.0 Å². The Hall–Kier alpha value is -3.88. The van der Waals surface area contributed by atoms with E-state index < -0.39 is 12.0 Å². The smallest absolute Gasteiger partial charge is 0.335 e. The van der Waals surface area contributed by atoms with Gasteiger partial charge in [-0.15, -0.1) is 0 Å². The van der Waals surface area contributed by atoms with E-state index in [4.69, 9.17) is 16.2 Å². The topological polar surface area (TPSA) is 140 Å². The van der Waals surface area contributed by atoms with Crippen molar-refractivity contribution in [2.24, 2.45) is 17.1 Å². The second kappa shape index (κ2) is 10.5. The van der Waals surface area contributed by atoms with Crippen LogP contribution in [0.25, 0.3) is 0 Å². The lowest BCUT2D eigenvalue weighted by Crippen LogP contribution is -2.50. The lowest BCUT2D eigenvalue weighted by molar-refractivity contribution is -0.144. The number of carboxylic acids is 1. The van der Waals surface area contributed by atoms with E-state index in [-0.39, 0.29) is 34.7 Å². The zero-order valence-corrected chi connectivity index (χ0v) is 21.5. The van der Waals surface area contributed by atoms with Gasteiger partial charge in [0.15, 0.2) is 5.96 Å². The maximum Gasteiger partial charge on any atom is 0.335 e. The Morgan fingerprint density at radius 2 is 1.61 bits per heavy atom. The lowest BCUT2D eigenvalue weighted by atomic mass is 9.65. The molecule has 1 spiro atoms. The number of aromatic carboxylic acids is 1. The summed E-state index contributed by atoms with van der Waals surface area (Å²) in [6.45, 7) is 2.08. The lowest BCUT2D eigenvalue weighted by Gasteiger charge is -2.47. The molecular formula is C29H35N5O4. The number of likely N-dealkylation sites (tertiary alicyclic amines) is 1. The zero-order valence-electron chi connectivity index (χ0n) is 21.5. The fourth-order valence-corrected chi connectivity index (χ4v) is 6.43. The molecule has 1 unspecified atom stereocenters. The molecule has 3 aliphatic rings. The van der Waals surface area contributed by atoms with Gasteiger partial charge in [-0.1, -0.05) is 24.3 Å². The summed E-state index contributed by atoms with van der Waals surface area (Å²) in [5, 5.41) is 19.8. The molecule has 200 valence electrons. The summed E-state index contributed by atoms with van der Waals surface area (Å²) in [7, 11) is 0. The molecule has 1 atom stereocenters. The summed E-state index contributed by atoms with van der Waals surface area (Å²) >= 11 is 0. The largest absolute Gasteiger partial charge is 0.478 e. The van der Waals surface area contributed by atoms with Crippen LogP contribution in [0.2, 0.25) is 0 Å². The number of anilines is 1. The van der Waals surface area contributed by atoms with Gasteiger partial charge in [0.1, 0.15) is 6.04 Å². The summed E-state index contributed by atoms with van der Waals surface area (Å²) in [4.78, 5) is 42.4. The van der Waals surface area contributed by atoms with Gasteiger partial charge in [-0.3, -0.25) is 15.0 Å². The van der Waals surface area contributed by atoms with Crippen molar-refractivity contribution in [3.63, 3.8) is 0 Å². The van der Waals surface area contributed by atoms with Crippen LogP contribution in [0.4, 0.5) is 5.69 Å². The minimum atomic E-state index is -1.03. The minimum Gasteiger partial charge on any atom is -0.478 e. The van der Waals surface area contributed by atoms with Gasteiger partial charge in [0.2, 0.25) is 5.91 Å². The molecule has 1 saturated heterocycles. The molecule has 2 heterocycles. The number of hydrogen-bond acceptors (Lipinski definition) is 4. The monoisotopic (exact) mass is 517 g/mol. The van der Waals surface area contributed by atoms with Gasteiger partial charge in [0.25, 0.3) is 5.91 Å². The zero-order chi connectivity index (χ0) is 26.9. The molecule has 1 saturated carbocycles. The van der Waals surface area contributed by atoms with Gasteiger partial charge >= 0.3 is 5.97 Å². The van der Waals surface area contributed by atoms with Crippen molar-refractivity contribution in [3.8, 4) is 0 Å². The highest BCUT2D eigenvalue weighted by atomic mass is 16.4. The summed E-state index contributed by atoms with van der Waals surface area (Å²) in [5.74, 6) is -1.26. The van der Waals surface area contributed by atoms with Crippen molar-refractivity contribution in [2.75, 3.05) is 25.0 Å². The van der Waals surface area contributed by atoms with Crippen LogP contribution in [0.5, 0.6) is 0 Å². The van der Waals surface area contributed by atoms with Crippen molar-refractivity contribution in [3.05, 3.63) is 65.2 Å². The molecule has 9 nitrogen and oxygen atoms in total. The summed E-state index contributed by atoms with van der Waals surface area (Å²) in [5.41, 5.74) is 8.44. The van der Waals surface area contributed by atoms with Crippen LogP contribution in [-0.4, -0.2) is 58.3 Å². The molecule has 5 rings (SSSR count). The molecule has 38 heavy (non-hydrogen) atoms. The number of benzene rings is 2. The maximum atomic E-state index is 13.9. The normalized spacial score (nSPS) is 21.0. The van der Waals surface area contributed by atoms with Gasteiger partial charge in [0.05, 0.1) is 5.56 Å². The first-order chi connectivity index (χ1) is 18.3. The highest BCUT2D eigenvalue weighted by Gasteiger charge is 2.43. The molecule has 2 aliphatic heterocycles. The molecule has 1 aliphatic carbocycles. The van der Waals surface area contributed by atoms with E-state index in [9.17, 15) is 14.4 Å². The molecule has 9 heteroatoms. The second-order valence-corrected chi connectivity index (χ2v) is 10.9. The number of hydrogen-bond donors (Lipinski definition) is 4. The van der Waals surface area contributed by atoms with E-state index in [0.717, 1.165) is 62.7 Å².